The zero-order chi connectivity index (χ0) is 23.8. The lowest BCUT2D eigenvalue weighted by molar-refractivity contribution is -0.119. The second-order valence-corrected chi connectivity index (χ2v) is 8.73. The Morgan fingerprint density at radius 1 is 1.03 bits per heavy atom. The number of rotatable bonds is 5. The van der Waals surface area contributed by atoms with E-state index in [1.807, 2.05) is 68.4 Å². The number of carbonyl (C=O) groups excluding carboxylic acids is 1. The fourth-order valence-electron chi connectivity index (χ4n) is 4.81. The minimum absolute atomic E-state index is 0.0189. The molecule has 0 aliphatic carbocycles. The van der Waals surface area contributed by atoms with E-state index in [2.05, 4.69) is 4.98 Å². The van der Waals surface area contributed by atoms with Gasteiger partial charge in [0.05, 0.1) is 12.9 Å². The topological polar surface area (TPSA) is 82.1 Å². The number of amides is 1. The Hall–Kier alpha value is -3.94. The molecule has 5 rings (SSSR count). The number of imidazole rings is 1. The summed E-state index contributed by atoms with van der Waals surface area (Å²) in [5.41, 5.74) is 2.50. The number of para-hydroxylation sites is 1. The van der Waals surface area contributed by atoms with Crippen molar-refractivity contribution < 1.29 is 4.79 Å². The van der Waals surface area contributed by atoms with Gasteiger partial charge in [-0.3, -0.25) is 14.2 Å². The highest BCUT2D eigenvalue weighted by molar-refractivity contribution is 5.95. The smallest absolute Gasteiger partial charge is 0.325 e. The van der Waals surface area contributed by atoms with Crippen LogP contribution in [0.4, 0.5) is 5.69 Å². The van der Waals surface area contributed by atoms with Crippen LogP contribution < -0.4 is 16.1 Å². The third kappa shape index (κ3) is 3.65. The van der Waals surface area contributed by atoms with E-state index in [9.17, 15) is 14.4 Å². The number of carbonyl (C=O) groups is 1. The van der Waals surface area contributed by atoms with E-state index >= 15 is 0 Å². The molecule has 174 valence electrons. The summed E-state index contributed by atoms with van der Waals surface area (Å²) >= 11 is 0. The van der Waals surface area contributed by atoms with Crippen LogP contribution >= 0.6 is 0 Å². The summed E-state index contributed by atoms with van der Waals surface area (Å²) in [6, 6.07) is 17.3. The molecule has 4 aromatic rings. The fourth-order valence-corrected chi connectivity index (χ4v) is 4.81. The van der Waals surface area contributed by atoms with Crippen molar-refractivity contribution in [3.05, 3.63) is 92.9 Å². The van der Waals surface area contributed by atoms with E-state index in [-0.39, 0.29) is 25.0 Å². The maximum absolute atomic E-state index is 13.6. The first kappa shape index (κ1) is 21.9. The molecule has 8 nitrogen and oxygen atoms in total. The van der Waals surface area contributed by atoms with Crippen molar-refractivity contribution in [2.45, 2.75) is 52.4 Å². The minimum Gasteiger partial charge on any atom is -0.325 e. The molecule has 2 aromatic heterocycles. The summed E-state index contributed by atoms with van der Waals surface area (Å²) in [6.45, 7) is 4.37. The molecule has 0 unspecified atom stereocenters. The highest BCUT2D eigenvalue weighted by Gasteiger charge is 2.29. The van der Waals surface area contributed by atoms with Gasteiger partial charge < -0.3 is 9.47 Å². The molecule has 1 amide bonds. The molecule has 0 radical (unpaired) electrons. The monoisotopic (exact) mass is 457 g/mol. The van der Waals surface area contributed by atoms with Gasteiger partial charge in [0.1, 0.15) is 6.54 Å². The van der Waals surface area contributed by atoms with Crippen LogP contribution in [0.25, 0.3) is 11.2 Å². The maximum atomic E-state index is 13.6. The van der Waals surface area contributed by atoms with Crippen LogP contribution in [0.1, 0.15) is 31.4 Å². The lowest BCUT2D eigenvalue weighted by Crippen LogP contribution is -2.48. The van der Waals surface area contributed by atoms with Crippen molar-refractivity contribution in [1.29, 1.82) is 0 Å². The highest BCUT2D eigenvalue weighted by atomic mass is 16.2. The van der Waals surface area contributed by atoms with E-state index in [1.54, 1.807) is 15.8 Å². The molecule has 0 bridgehead atoms. The fraction of sp³-hybridized carbons (Fsp3) is 0.308. The Labute approximate surface area is 196 Å². The van der Waals surface area contributed by atoms with Crippen LogP contribution in [0.3, 0.4) is 0 Å². The van der Waals surface area contributed by atoms with E-state index in [0.29, 0.717) is 17.7 Å². The van der Waals surface area contributed by atoms with E-state index in [4.69, 9.17) is 0 Å². The van der Waals surface area contributed by atoms with Gasteiger partial charge in [-0.2, -0.15) is 0 Å². The van der Waals surface area contributed by atoms with Gasteiger partial charge >= 0.3 is 5.69 Å². The number of anilines is 1. The summed E-state index contributed by atoms with van der Waals surface area (Å²) in [5.74, 6) is -0.271. The molecule has 0 fully saturated rings. The van der Waals surface area contributed by atoms with Crippen molar-refractivity contribution >= 4 is 22.8 Å². The first-order chi connectivity index (χ1) is 16.5. The molecular formula is C26H27N5O3. The Morgan fingerprint density at radius 3 is 2.53 bits per heavy atom. The number of aromatic nitrogens is 4. The average Bonchev–Trinajstić information content (AvgIpc) is 3.29. The normalized spacial score (nSPS) is 15.5. The lowest BCUT2D eigenvalue weighted by atomic mass is 9.96. The Kier molecular flexibility index (Phi) is 5.65. The predicted octanol–water partition coefficient (Wildman–Crippen LogP) is 2.80. The van der Waals surface area contributed by atoms with Crippen molar-refractivity contribution in [3.63, 3.8) is 0 Å². The third-order valence-corrected chi connectivity index (χ3v) is 6.59. The van der Waals surface area contributed by atoms with Gasteiger partial charge in [-0.05, 0) is 43.9 Å². The standard InChI is InChI=1S/C26H27N5O3/c1-3-28-17-27-24-23(28)25(33)30(26(34)29(24)15-19-9-5-4-6-10-19)16-22(32)31-18(2)13-14-20-11-7-8-12-21(20)31/h4-12,17-18H,3,13-16H2,1-2H3/t18-/m1/s1. The van der Waals surface area contributed by atoms with Gasteiger partial charge in [0, 0.05) is 18.3 Å². The molecule has 0 saturated heterocycles. The SMILES string of the molecule is CCn1cnc2c1c(=O)n(CC(=O)N1c3ccccc3CC[C@H]1C)c(=O)n2Cc1ccccc1. The third-order valence-electron chi connectivity index (χ3n) is 6.59. The molecule has 34 heavy (non-hydrogen) atoms. The van der Waals surface area contributed by atoms with E-state index in [1.165, 1.54) is 4.57 Å². The van der Waals surface area contributed by atoms with Crippen LogP contribution in [0.2, 0.25) is 0 Å². The summed E-state index contributed by atoms with van der Waals surface area (Å²) in [7, 11) is 0. The summed E-state index contributed by atoms with van der Waals surface area (Å²) in [5, 5.41) is 0. The van der Waals surface area contributed by atoms with Gasteiger partial charge in [-0.15, -0.1) is 0 Å². The number of fused-ring (bicyclic) bond motifs is 2. The summed E-state index contributed by atoms with van der Waals surface area (Å²) in [6.07, 6.45) is 3.30. The predicted molar refractivity (Wildman–Crippen MR) is 131 cm³/mol. The molecule has 0 saturated carbocycles. The second kappa shape index (κ2) is 8.78. The van der Waals surface area contributed by atoms with E-state index in [0.717, 1.165) is 34.2 Å². The zero-order valence-corrected chi connectivity index (χ0v) is 19.3. The molecule has 1 atom stereocenters. The Bertz CT molecular complexity index is 1480. The second-order valence-electron chi connectivity index (χ2n) is 8.73. The van der Waals surface area contributed by atoms with Crippen molar-refractivity contribution in [2.75, 3.05) is 4.90 Å². The average molecular weight is 458 g/mol. The molecule has 1 aliphatic rings. The van der Waals surface area contributed by atoms with E-state index < -0.39 is 11.2 Å². The van der Waals surface area contributed by atoms with Gasteiger partial charge in [-0.25, -0.2) is 14.3 Å². The Morgan fingerprint density at radius 2 is 1.76 bits per heavy atom. The summed E-state index contributed by atoms with van der Waals surface area (Å²) in [4.78, 5) is 46.7. The van der Waals surface area contributed by atoms with Gasteiger partial charge in [-0.1, -0.05) is 48.5 Å². The maximum Gasteiger partial charge on any atom is 0.333 e. The van der Waals surface area contributed by atoms with Crippen molar-refractivity contribution in [3.8, 4) is 0 Å². The van der Waals surface area contributed by atoms with Crippen LogP contribution in [0.15, 0.2) is 70.5 Å². The summed E-state index contributed by atoms with van der Waals surface area (Å²) < 4.78 is 4.27. The quantitative estimate of drug-likeness (QED) is 0.462. The molecule has 0 N–H and O–H groups in total. The van der Waals surface area contributed by atoms with Crippen molar-refractivity contribution in [2.24, 2.45) is 0 Å². The highest BCUT2D eigenvalue weighted by Crippen LogP contribution is 2.30. The molecule has 8 heteroatoms. The number of hydrogen-bond acceptors (Lipinski definition) is 4. The van der Waals surface area contributed by atoms with Crippen LogP contribution in [0.5, 0.6) is 0 Å². The van der Waals surface area contributed by atoms with Crippen molar-refractivity contribution in [1.82, 2.24) is 18.7 Å². The largest absolute Gasteiger partial charge is 0.333 e. The minimum atomic E-state index is -0.533. The number of hydrogen-bond donors (Lipinski definition) is 0. The van der Waals surface area contributed by atoms with Gasteiger partial charge in [0.25, 0.3) is 5.56 Å². The van der Waals surface area contributed by atoms with Gasteiger partial charge in [0.2, 0.25) is 5.91 Å². The number of benzene rings is 2. The zero-order valence-electron chi connectivity index (χ0n) is 19.3. The molecule has 0 spiro atoms. The first-order valence-electron chi connectivity index (χ1n) is 11.6. The number of nitrogens with zero attached hydrogens (tertiary/aromatic N) is 5. The molecule has 1 aliphatic heterocycles. The van der Waals surface area contributed by atoms with Crippen LogP contribution in [-0.2, 0) is 30.8 Å². The Balaban J connectivity index is 1.62. The molecule has 2 aromatic carbocycles. The van der Waals surface area contributed by atoms with Gasteiger partial charge in [0.15, 0.2) is 11.2 Å². The first-order valence-corrected chi connectivity index (χ1v) is 11.6. The number of aryl methyl sites for hydroxylation is 2. The van der Waals surface area contributed by atoms with Crippen LogP contribution in [0, 0.1) is 0 Å². The van der Waals surface area contributed by atoms with Crippen LogP contribution in [-0.4, -0.2) is 30.6 Å². The molecule has 3 heterocycles. The molecular weight excluding hydrogens is 430 g/mol. The lowest BCUT2D eigenvalue weighted by Gasteiger charge is -2.35.